The normalized spacial score (nSPS) is 10.3. The zero-order valence-electron chi connectivity index (χ0n) is 12.4. The summed E-state index contributed by atoms with van der Waals surface area (Å²) < 4.78 is 0. The molecule has 0 bridgehead atoms. The Hall–Kier alpha value is -1.51. The van der Waals surface area contributed by atoms with E-state index in [0.717, 1.165) is 23.5 Å². The van der Waals surface area contributed by atoms with Crippen LogP contribution in [-0.4, -0.2) is 12.5 Å². The molecule has 0 fully saturated rings. The third-order valence-electron chi connectivity index (χ3n) is 3.27. The zero-order chi connectivity index (χ0) is 14.1. The molecule has 19 heavy (non-hydrogen) atoms. The average molecular weight is 262 g/mol. The first-order valence-electron chi connectivity index (χ1n) is 7.32. The van der Waals surface area contributed by atoms with E-state index in [1.165, 1.54) is 25.7 Å². The van der Waals surface area contributed by atoms with Crippen LogP contribution in [0.15, 0.2) is 18.2 Å². The lowest BCUT2D eigenvalue weighted by Gasteiger charge is -2.13. The van der Waals surface area contributed by atoms with Crippen LogP contribution < -0.4 is 10.6 Å². The number of carbonyl (C=O) groups excluding carboxylic acids is 1. The maximum atomic E-state index is 11.4. The van der Waals surface area contributed by atoms with Gasteiger partial charge in [-0.15, -0.1) is 0 Å². The van der Waals surface area contributed by atoms with E-state index in [1.54, 1.807) is 0 Å². The van der Waals surface area contributed by atoms with Crippen LogP contribution in [-0.2, 0) is 4.79 Å². The number of benzene rings is 1. The maximum absolute atomic E-state index is 11.4. The fourth-order valence-electron chi connectivity index (χ4n) is 1.98. The maximum Gasteiger partial charge on any atom is 0.224 e. The summed E-state index contributed by atoms with van der Waals surface area (Å²) in [4.78, 5) is 11.4. The number of hydrogen-bond donors (Lipinski definition) is 2. The molecule has 3 heteroatoms. The van der Waals surface area contributed by atoms with Crippen molar-refractivity contribution in [1.82, 2.24) is 0 Å². The molecule has 0 spiro atoms. The summed E-state index contributed by atoms with van der Waals surface area (Å²) in [6, 6.07) is 5.99. The zero-order valence-corrected chi connectivity index (χ0v) is 12.4. The Bertz CT molecular complexity index is 402. The van der Waals surface area contributed by atoms with Gasteiger partial charge in [0.15, 0.2) is 0 Å². The van der Waals surface area contributed by atoms with Crippen LogP contribution in [0.25, 0.3) is 0 Å². The minimum absolute atomic E-state index is 0.0585. The van der Waals surface area contributed by atoms with Crippen molar-refractivity contribution in [2.24, 2.45) is 0 Å². The Morgan fingerprint density at radius 1 is 1.11 bits per heavy atom. The number of rotatable bonds is 8. The smallest absolute Gasteiger partial charge is 0.224 e. The molecule has 0 aromatic heterocycles. The third-order valence-corrected chi connectivity index (χ3v) is 3.27. The fraction of sp³-hybridized carbons (Fsp3) is 0.562. The van der Waals surface area contributed by atoms with Crippen molar-refractivity contribution in [3.05, 3.63) is 23.8 Å². The molecule has 106 valence electrons. The van der Waals surface area contributed by atoms with Gasteiger partial charge < -0.3 is 10.6 Å². The summed E-state index contributed by atoms with van der Waals surface area (Å²) in [6.45, 7) is 7.11. The summed E-state index contributed by atoms with van der Waals surface area (Å²) in [5.74, 6) is 0.0585. The van der Waals surface area contributed by atoms with E-state index in [2.05, 4.69) is 23.6 Å². The summed E-state index contributed by atoms with van der Waals surface area (Å²) in [5.41, 5.74) is 3.13. The van der Waals surface area contributed by atoms with Crippen molar-refractivity contribution in [3.63, 3.8) is 0 Å². The molecule has 0 atom stereocenters. The predicted molar refractivity (Wildman–Crippen MR) is 82.7 cm³/mol. The molecule has 1 aromatic carbocycles. The predicted octanol–water partition coefficient (Wildman–Crippen LogP) is 4.34. The monoisotopic (exact) mass is 262 g/mol. The standard InChI is InChI=1S/C16H26N2O/c1-4-6-7-8-12-17-14-10-9-11-15(13(14)3)18-16(19)5-2/h9-11,17H,4-8,12H2,1-3H3,(H,18,19). The summed E-state index contributed by atoms with van der Waals surface area (Å²) in [6.07, 6.45) is 5.53. The van der Waals surface area contributed by atoms with E-state index in [-0.39, 0.29) is 5.91 Å². The number of nitrogens with one attached hydrogen (secondary N) is 2. The summed E-state index contributed by atoms with van der Waals surface area (Å²) in [5, 5.41) is 6.38. The van der Waals surface area contributed by atoms with Gasteiger partial charge in [-0.2, -0.15) is 0 Å². The van der Waals surface area contributed by atoms with Gasteiger partial charge in [0, 0.05) is 24.3 Å². The highest BCUT2D eigenvalue weighted by atomic mass is 16.1. The first kappa shape index (κ1) is 15.5. The fourth-order valence-corrected chi connectivity index (χ4v) is 1.98. The summed E-state index contributed by atoms with van der Waals surface area (Å²) >= 11 is 0. The van der Waals surface area contributed by atoms with Crippen LogP contribution in [0.5, 0.6) is 0 Å². The van der Waals surface area contributed by atoms with E-state index >= 15 is 0 Å². The second-order valence-corrected chi connectivity index (χ2v) is 4.87. The van der Waals surface area contributed by atoms with E-state index in [0.29, 0.717) is 6.42 Å². The lowest BCUT2D eigenvalue weighted by molar-refractivity contribution is -0.115. The second kappa shape index (κ2) is 8.57. The number of carbonyl (C=O) groups is 1. The van der Waals surface area contributed by atoms with E-state index in [4.69, 9.17) is 0 Å². The molecule has 0 aliphatic rings. The topological polar surface area (TPSA) is 41.1 Å². The van der Waals surface area contributed by atoms with Gasteiger partial charge in [0.1, 0.15) is 0 Å². The van der Waals surface area contributed by atoms with Crippen LogP contribution in [0.3, 0.4) is 0 Å². The Labute approximate surface area is 116 Å². The minimum Gasteiger partial charge on any atom is -0.385 e. The van der Waals surface area contributed by atoms with Crippen molar-refractivity contribution in [2.75, 3.05) is 17.2 Å². The molecule has 1 rings (SSSR count). The van der Waals surface area contributed by atoms with Gasteiger partial charge in [0.2, 0.25) is 5.91 Å². The van der Waals surface area contributed by atoms with Crippen LogP contribution in [0, 0.1) is 6.92 Å². The van der Waals surface area contributed by atoms with Crippen LogP contribution in [0.4, 0.5) is 11.4 Å². The van der Waals surface area contributed by atoms with Gasteiger partial charge in [-0.05, 0) is 31.0 Å². The molecule has 1 amide bonds. The van der Waals surface area contributed by atoms with Crippen molar-refractivity contribution >= 4 is 17.3 Å². The average Bonchev–Trinajstić information content (AvgIpc) is 2.42. The van der Waals surface area contributed by atoms with Crippen LogP contribution in [0.2, 0.25) is 0 Å². The molecule has 1 aromatic rings. The molecule has 0 unspecified atom stereocenters. The summed E-state index contributed by atoms with van der Waals surface area (Å²) in [7, 11) is 0. The third kappa shape index (κ3) is 5.33. The Morgan fingerprint density at radius 2 is 1.84 bits per heavy atom. The Balaban J connectivity index is 2.54. The van der Waals surface area contributed by atoms with Gasteiger partial charge >= 0.3 is 0 Å². The number of unbranched alkanes of at least 4 members (excludes halogenated alkanes) is 3. The molecule has 0 saturated carbocycles. The quantitative estimate of drug-likeness (QED) is 0.684. The molecule has 3 nitrogen and oxygen atoms in total. The van der Waals surface area contributed by atoms with Gasteiger partial charge in [-0.25, -0.2) is 0 Å². The SMILES string of the molecule is CCCCCCNc1cccc(NC(=O)CC)c1C. The highest BCUT2D eigenvalue weighted by Crippen LogP contribution is 2.23. The first-order valence-corrected chi connectivity index (χ1v) is 7.32. The molecule has 2 N–H and O–H groups in total. The van der Waals surface area contributed by atoms with Gasteiger partial charge in [0.05, 0.1) is 0 Å². The van der Waals surface area contributed by atoms with Gasteiger partial charge in [-0.3, -0.25) is 4.79 Å². The first-order chi connectivity index (χ1) is 9.19. The number of anilines is 2. The second-order valence-electron chi connectivity index (χ2n) is 4.87. The highest BCUT2D eigenvalue weighted by molar-refractivity contribution is 5.92. The minimum atomic E-state index is 0.0585. The highest BCUT2D eigenvalue weighted by Gasteiger charge is 2.05. The van der Waals surface area contributed by atoms with Gasteiger partial charge in [0.25, 0.3) is 0 Å². The van der Waals surface area contributed by atoms with Crippen molar-refractivity contribution in [3.8, 4) is 0 Å². The molecular formula is C16H26N2O. The molecule has 0 radical (unpaired) electrons. The van der Waals surface area contributed by atoms with E-state index in [9.17, 15) is 4.79 Å². The van der Waals surface area contributed by atoms with E-state index < -0.39 is 0 Å². The molecule has 0 heterocycles. The molecule has 0 saturated heterocycles. The van der Waals surface area contributed by atoms with Crippen molar-refractivity contribution in [2.45, 2.75) is 52.9 Å². The van der Waals surface area contributed by atoms with Crippen molar-refractivity contribution < 1.29 is 4.79 Å². The lowest BCUT2D eigenvalue weighted by Crippen LogP contribution is -2.11. The molecular weight excluding hydrogens is 236 g/mol. The Kier molecular flexibility index (Phi) is 7.01. The van der Waals surface area contributed by atoms with Crippen LogP contribution in [0.1, 0.15) is 51.5 Å². The van der Waals surface area contributed by atoms with Crippen molar-refractivity contribution in [1.29, 1.82) is 0 Å². The Morgan fingerprint density at radius 3 is 2.53 bits per heavy atom. The molecule has 0 aliphatic heterocycles. The van der Waals surface area contributed by atoms with Crippen LogP contribution >= 0.6 is 0 Å². The number of hydrogen-bond acceptors (Lipinski definition) is 2. The van der Waals surface area contributed by atoms with E-state index in [1.807, 2.05) is 26.0 Å². The largest absolute Gasteiger partial charge is 0.385 e. The number of amides is 1. The lowest BCUT2D eigenvalue weighted by atomic mass is 10.1. The molecule has 0 aliphatic carbocycles. The van der Waals surface area contributed by atoms with Gasteiger partial charge in [-0.1, -0.05) is 39.2 Å².